The van der Waals surface area contributed by atoms with Crippen molar-refractivity contribution in [2.45, 2.75) is 33.1 Å². The lowest BCUT2D eigenvalue weighted by molar-refractivity contribution is 0.115. The van der Waals surface area contributed by atoms with Gasteiger partial charge in [-0.1, -0.05) is 18.3 Å². The minimum atomic E-state index is -3.14. The van der Waals surface area contributed by atoms with Gasteiger partial charge >= 0.3 is 0 Å². The van der Waals surface area contributed by atoms with Crippen molar-refractivity contribution in [2.24, 2.45) is 5.41 Å². The molecule has 2 aliphatic heterocycles. The second kappa shape index (κ2) is 10.1. The van der Waals surface area contributed by atoms with Crippen LogP contribution in [0.5, 0.6) is 0 Å². The molecule has 0 N–H and O–H groups in total. The van der Waals surface area contributed by atoms with Gasteiger partial charge in [-0.05, 0) is 62.1 Å². The minimum absolute atomic E-state index is 0.151. The Morgan fingerprint density at radius 2 is 1.85 bits per heavy atom. The molecule has 2 aliphatic rings. The first-order valence-corrected chi connectivity index (χ1v) is 16.3. The van der Waals surface area contributed by atoms with Crippen LogP contribution in [-0.4, -0.2) is 66.6 Å². The zero-order chi connectivity index (χ0) is 29.1. The summed E-state index contributed by atoms with van der Waals surface area (Å²) >= 11 is 1.30. The molecule has 0 saturated carbocycles. The van der Waals surface area contributed by atoms with Crippen molar-refractivity contribution in [3.63, 3.8) is 0 Å². The number of nitrogens with zero attached hydrogens (tertiary/aromatic N) is 7. The quantitative estimate of drug-likeness (QED) is 0.311. The number of rotatable bonds is 6. The predicted molar refractivity (Wildman–Crippen MR) is 160 cm³/mol. The van der Waals surface area contributed by atoms with Crippen LogP contribution in [0.4, 0.5) is 21.0 Å². The first kappa shape index (κ1) is 27.6. The van der Waals surface area contributed by atoms with E-state index < -0.39 is 10.0 Å². The molecule has 214 valence electrons. The number of anilines is 3. The SMILES string of the molecule is CCc1nc2c(C)cc(N3CC4(CCN(S(C)(=O)=O)CC4)C3)cn2c1N(C)c1nc(-c2ccc(F)cc2)c(C#N)s1. The number of nitriles is 1. The fraction of sp³-hybridized carbons (Fsp3) is 0.414. The van der Waals surface area contributed by atoms with Gasteiger partial charge in [-0.25, -0.2) is 27.1 Å². The van der Waals surface area contributed by atoms with Gasteiger partial charge in [0.15, 0.2) is 5.13 Å². The molecule has 1 spiro atoms. The monoisotopic (exact) mass is 593 g/mol. The Hall–Kier alpha value is -3.53. The van der Waals surface area contributed by atoms with Gasteiger partial charge in [0.25, 0.3) is 0 Å². The molecule has 0 bridgehead atoms. The third-order valence-electron chi connectivity index (χ3n) is 8.38. The van der Waals surface area contributed by atoms with Crippen LogP contribution in [0.1, 0.15) is 35.9 Å². The number of piperidine rings is 1. The third kappa shape index (κ3) is 4.86. The molecule has 1 aromatic carbocycles. The second-order valence-electron chi connectivity index (χ2n) is 11.2. The van der Waals surface area contributed by atoms with E-state index in [4.69, 9.17) is 9.97 Å². The molecular formula is C29H32FN7O2S2. The fourth-order valence-electron chi connectivity index (χ4n) is 6.07. The average molecular weight is 594 g/mol. The van der Waals surface area contributed by atoms with Crippen molar-refractivity contribution in [2.75, 3.05) is 49.3 Å². The highest BCUT2D eigenvalue weighted by atomic mass is 32.2. The summed E-state index contributed by atoms with van der Waals surface area (Å²) < 4.78 is 41.1. The highest BCUT2D eigenvalue weighted by molar-refractivity contribution is 7.88. The second-order valence-corrected chi connectivity index (χ2v) is 14.1. The lowest BCUT2D eigenvalue weighted by atomic mass is 9.72. The van der Waals surface area contributed by atoms with Crippen molar-refractivity contribution in [3.8, 4) is 17.3 Å². The van der Waals surface area contributed by atoms with Gasteiger partial charge in [-0.2, -0.15) is 5.26 Å². The average Bonchev–Trinajstić information content (AvgIpc) is 3.53. The van der Waals surface area contributed by atoms with Gasteiger partial charge in [0.05, 0.1) is 17.6 Å². The number of sulfonamides is 1. The number of imidazole rings is 1. The van der Waals surface area contributed by atoms with Crippen molar-refractivity contribution in [1.82, 2.24) is 18.7 Å². The molecule has 6 rings (SSSR count). The maximum atomic E-state index is 13.5. The Morgan fingerprint density at radius 1 is 1.17 bits per heavy atom. The van der Waals surface area contributed by atoms with Crippen molar-refractivity contribution >= 4 is 43.6 Å². The van der Waals surface area contributed by atoms with Crippen molar-refractivity contribution in [1.29, 1.82) is 5.26 Å². The first-order chi connectivity index (χ1) is 19.5. The Labute approximate surface area is 243 Å². The highest BCUT2D eigenvalue weighted by Crippen LogP contribution is 2.44. The van der Waals surface area contributed by atoms with E-state index in [0.29, 0.717) is 34.4 Å². The molecule has 41 heavy (non-hydrogen) atoms. The number of hydrogen-bond acceptors (Lipinski definition) is 8. The number of aromatic nitrogens is 3. The van der Waals surface area contributed by atoms with E-state index >= 15 is 0 Å². The van der Waals surface area contributed by atoms with E-state index in [1.54, 1.807) is 16.4 Å². The first-order valence-electron chi connectivity index (χ1n) is 13.6. The summed E-state index contributed by atoms with van der Waals surface area (Å²) in [5.74, 6) is 0.560. The largest absolute Gasteiger partial charge is 0.369 e. The van der Waals surface area contributed by atoms with Crippen molar-refractivity contribution < 1.29 is 12.8 Å². The Bertz CT molecular complexity index is 1770. The van der Waals surface area contributed by atoms with Crippen LogP contribution < -0.4 is 9.80 Å². The Balaban J connectivity index is 1.32. The molecule has 0 aliphatic carbocycles. The lowest BCUT2D eigenvalue weighted by Crippen LogP contribution is -2.61. The van der Waals surface area contributed by atoms with Gasteiger partial charge in [-0.15, -0.1) is 0 Å². The highest BCUT2D eigenvalue weighted by Gasteiger charge is 2.46. The fourth-order valence-corrected chi connectivity index (χ4v) is 7.76. The number of aryl methyl sites for hydroxylation is 2. The molecule has 0 radical (unpaired) electrons. The van der Waals surface area contributed by atoms with Gasteiger partial charge in [0.2, 0.25) is 10.0 Å². The standard InChI is InChI=1S/C29H32FN7O2S2/c1-5-23-27(34(3)28-33-25(24(15-31)40-28)20-6-8-21(30)9-7-20)37-16-22(14-19(2)26(37)32-23)35-17-29(18-35)10-12-36(13-11-29)41(4,38)39/h6-9,14,16H,5,10-13,17-18H2,1-4H3. The van der Waals surface area contributed by atoms with Gasteiger partial charge in [0.1, 0.15) is 33.9 Å². The maximum Gasteiger partial charge on any atom is 0.211 e. The van der Waals surface area contributed by atoms with E-state index in [2.05, 4.69) is 41.5 Å². The summed E-state index contributed by atoms with van der Waals surface area (Å²) in [5.41, 5.74) is 5.35. The van der Waals surface area contributed by atoms with E-state index in [1.165, 1.54) is 29.7 Å². The Morgan fingerprint density at radius 3 is 2.46 bits per heavy atom. The molecule has 12 heteroatoms. The molecule has 4 aromatic rings. The summed E-state index contributed by atoms with van der Waals surface area (Å²) in [7, 11) is -1.21. The zero-order valence-electron chi connectivity index (χ0n) is 23.6. The molecular weight excluding hydrogens is 561 g/mol. The molecule has 2 saturated heterocycles. The number of pyridine rings is 1. The van der Waals surface area contributed by atoms with Crippen molar-refractivity contribution in [3.05, 3.63) is 58.5 Å². The number of thiazole rings is 1. The zero-order valence-corrected chi connectivity index (χ0v) is 25.2. The number of benzene rings is 1. The molecule has 0 unspecified atom stereocenters. The maximum absolute atomic E-state index is 13.5. The van der Waals surface area contributed by atoms with Crippen LogP contribution >= 0.6 is 11.3 Å². The molecule has 5 heterocycles. The van der Waals surface area contributed by atoms with Crippen LogP contribution in [0.3, 0.4) is 0 Å². The molecule has 0 atom stereocenters. The van der Waals surface area contributed by atoms with E-state index in [1.807, 2.05) is 11.9 Å². The summed E-state index contributed by atoms with van der Waals surface area (Å²) in [5, 5.41) is 10.5. The normalized spacial score (nSPS) is 17.1. The summed E-state index contributed by atoms with van der Waals surface area (Å²) in [4.78, 5) is 14.6. The smallest absolute Gasteiger partial charge is 0.211 e. The summed E-state index contributed by atoms with van der Waals surface area (Å²) in [6.07, 6.45) is 5.88. The topological polar surface area (TPSA) is 97.8 Å². The van der Waals surface area contributed by atoms with Gasteiger partial charge in [-0.3, -0.25) is 4.40 Å². The van der Waals surface area contributed by atoms with E-state index in [0.717, 1.165) is 60.8 Å². The molecule has 3 aromatic heterocycles. The summed E-state index contributed by atoms with van der Waals surface area (Å²) in [6, 6.07) is 10.5. The lowest BCUT2D eigenvalue weighted by Gasteiger charge is -2.54. The van der Waals surface area contributed by atoms with Crippen LogP contribution in [-0.2, 0) is 16.4 Å². The summed E-state index contributed by atoms with van der Waals surface area (Å²) in [6.45, 7) is 7.10. The molecule has 2 fully saturated rings. The van der Waals surface area contributed by atoms with Crippen LogP contribution in [0.15, 0.2) is 36.5 Å². The molecule has 9 nitrogen and oxygen atoms in total. The van der Waals surface area contributed by atoms with Crippen LogP contribution in [0.25, 0.3) is 16.9 Å². The van der Waals surface area contributed by atoms with E-state index in [9.17, 15) is 18.1 Å². The number of fused-ring (bicyclic) bond motifs is 1. The minimum Gasteiger partial charge on any atom is -0.369 e. The van der Waals surface area contributed by atoms with Crippen LogP contribution in [0, 0.1) is 29.5 Å². The predicted octanol–water partition coefficient (Wildman–Crippen LogP) is 4.97. The Kier molecular flexibility index (Phi) is 6.79. The number of halogens is 1. The van der Waals surface area contributed by atoms with Crippen LogP contribution in [0.2, 0.25) is 0 Å². The number of hydrogen-bond donors (Lipinski definition) is 0. The van der Waals surface area contributed by atoms with Gasteiger partial charge in [0, 0.05) is 50.4 Å². The van der Waals surface area contributed by atoms with Gasteiger partial charge < -0.3 is 9.80 Å². The van der Waals surface area contributed by atoms with E-state index in [-0.39, 0.29) is 11.2 Å². The molecule has 0 amide bonds. The third-order valence-corrected chi connectivity index (χ3v) is 10.7.